The molecule has 1 aromatic carbocycles. The number of hydrogen-bond acceptors (Lipinski definition) is 2. The Balaban J connectivity index is 2.32. The second-order valence-electron chi connectivity index (χ2n) is 5.45. The number of hydrogen-bond donors (Lipinski definition) is 1. The normalized spacial score (nSPS) is 15.0. The standard InChI is InChI=1S/C13H14F3N3OS/c1-12(2,3)21(20)17-7-11-18-9-5-4-8(13(14,15)16)6-10(9)19-11/h4-7H,1-3H3,(H,18,19)/b17-7+/t21-/m0/s1. The van der Waals surface area contributed by atoms with Crippen molar-refractivity contribution < 1.29 is 17.4 Å². The van der Waals surface area contributed by atoms with E-state index in [2.05, 4.69) is 14.4 Å². The Kier molecular flexibility index (Phi) is 3.92. The van der Waals surface area contributed by atoms with Crippen LogP contribution >= 0.6 is 0 Å². The molecule has 2 aromatic rings. The van der Waals surface area contributed by atoms with Crippen LogP contribution in [0.1, 0.15) is 32.2 Å². The van der Waals surface area contributed by atoms with E-state index >= 15 is 0 Å². The molecule has 1 N–H and O–H groups in total. The van der Waals surface area contributed by atoms with Gasteiger partial charge in [-0.05, 0) is 39.0 Å². The quantitative estimate of drug-likeness (QED) is 0.862. The number of fused-ring (bicyclic) bond motifs is 1. The van der Waals surface area contributed by atoms with Gasteiger partial charge in [-0.25, -0.2) is 9.19 Å². The molecule has 114 valence electrons. The first kappa shape index (κ1) is 15.7. The van der Waals surface area contributed by atoms with Crippen LogP contribution in [-0.2, 0) is 17.2 Å². The predicted octanol–water partition coefficient (Wildman–Crippen LogP) is 3.46. The Hall–Kier alpha value is -1.70. The van der Waals surface area contributed by atoms with Gasteiger partial charge in [0.2, 0.25) is 0 Å². The highest BCUT2D eigenvalue weighted by atomic mass is 32.2. The molecular formula is C13H14F3N3OS. The van der Waals surface area contributed by atoms with Crippen molar-refractivity contribution in [3.63, 3.8) is 0 Å². The van der Waals surface area contributed by atoms with Gasteiger partial charge in [0.1, 0.15) is 16.8 Å². The van der Waals surface area contributed by atoms with Crippen LogP contribution in [0.15, 0.2) is 22.6 Å². The minimum Gasteiger partial charge on any atom is -0.337 e. The molecule has 1 atom stereocenters. The van der Waals surface area contributed by atoms with E-state index in [1.165, 1.54) is 12.3 Å². The maximum absolute atomic E-state index is 12.6. The number of aromatic amines is 1. The molecule has 0 saturated carbocycles. The van der Waals surface area contributed by atoms with Gasteiger partial charge in [0.25, 0.3) is 0 Å². The molecular weight excluding hydrogens is 303 g/mol. The maximum Gasteiger partial charge on any atom is 0.416 e. The zero-order chi connectivity index (χ0) is 15.8. The molecule has 4 nitrogen and oxygen atoms in total. The highest BCUT2D eigenvalue weighted by molar-refractivity contribution is 7.85. The van der Waals surface area contributed by atoms with Crippen molar-refractivity contribution in [2.75, 3.05) is 0 Å². The predicted molar refractivity (Wildman–Crippen MR) is 76.6 cm³/mol. The van der Waals surface area contributed by atoms with Gasteiger partial charge >= 0.3 is 6.18 Å². The summed E-state index contributed by atoms with van der Waals surface area (Å²) >= 11 is 0. The number of aromatic nitrogens is 2. The summed E-state index contributed by atoms with van der Waals surface area (Å²) in [5, 5.41) is 0. The molecule has 0 bridgehead atoms. The summed E-state index contributed by atoms with van der Waals surface area (Å²) in [6.07, 6.45) is -3.13. The Labute approximate surface area is 122 Å². The van der Waals surface area contributed by atoms with Crippen LogP contribution in [0.3, 0.4) is 0 Å². The van der Waals surface area contributed by atoms with E-state index in [-0.39, 0.29) is 11.3 Å². The number of halogens is 3. The average Bonchev–Trinajstić information content (AvgIpc) is 2.75. The van der Waals surface area contributed by atoms with Crippen LogP contribution in [0.25, 0.3) is 11.0 Å². The van der Waals surface area contributed by atoms with Gasteiger partial charge in [-0.1, -0.05) is 0 Å². The van der Waals surface area contributed by atoms with Gasteiger partial charge in [-0.3, -0.25) is 0 Å². The zero-order valence-corrected chi connectivity index (χ0v) is 12.5. The van der Waals surface area contributed by atoms with E-state index in [0.717, 1.165) is 12.1 Å². The fourth-order valence-electron chi connectivity index (χ4n) is 1.52. The summed E-state index contributed by atoms with van der Waals surface area (Å²) in [4.78, 5) is 6.80. The molecule has 2 rings (SSSR count). The summed E-state index contributed by atoms with van der Waals surface area (Å²) in [5.41, 5.74) is -0.0980. The van der Waals surface area contributed by atoms with E-state index in [0.29, 0.717) is 5.52 Å². The lowest BCUT2D eigenvalue weighted by atomic mass is 10.2. The molecule has 1 aromatic heterocycles. The molecule has 0 aliphatic heterocycles. The fraction of sp³-hybridized carbons (Fsp3) is 0.385. The van der Waals surface area contributed by atoms with Gasteiger partial charge in [0.05, 0.1) is 27.6 Å². The molecule has 0 radical (unpaired) electrons. The SMILES string of the molecule is CC(C)(C)[S@](=O)/N=C/c1nc2ccc(C(F)(F)F)cc2[nH]1. The summed E-state index contributed by atoms with van der Waals surface area (Å²) in [7, 11) is -1.45. The van der Waals surface area contributed by atoms with E-state index < -0.39 is 27.5 Å². The summed E-state index contributed by atoms with van der Waals surface area (Å²) in [6.45, 7) is 5.32. The largest absolute Gasteiger partial charge is 0.416 e. The molecule has 0 fully saturated rings. The topological polar surface area (TPSA) is 58.1 Å². The van der Waals surface area contributed by atoms with Crippen molar-refractivity contribution in [3.8, 4) is 0 Å². The molecule has 8 heteroatoms. The number of H-pyrrole nitrogens is 1. The second-order valence-corrected chi connectivity index (χ2v) is 7.38. The number of alkyl halides is 3. The van der Waals surface area contributed by atoms with Gasteiger partial charge < -0.3 is 4.98 Å². The number of rotatable bonds is 2. The van der Waals surface area contributed by atoms with Crippen LogP contribution in [-0.4, -0.2) is 25.1 Å². The third-order valence-electron chi connectivity index (χ3n) is 2.62. The van der Waals surface area contributed by atoms with Crippen LogP contribution in [0.5, 0.6) is 0 Å². The van der Waals surface area contributed by atoms with Crippen molar-refractivity contribution in [2.45, 2.75) is 31.7 Å². The first-order valence-corrected chi connectivity index (χ1v) is 7.21. The Bertz CT molecular complexity index is 714. The Morgan fingerprint density at radius 3 is 2.52 bits per heavy atom. The van der Waals surface area contributed by atoms with Crippen LogP contribution in [0.2, 0.25) is 0 Å². The lowest BCUT2D eigenvalue weighted by Gasteiger charge is -2.12. The van der Waals surface area contributed by atoms with Crippen molar-refractivity contribution in [2.24, 2.45) is 4.40 Å². The number of imidazole rings is 1. The number of benzene rings is 1. The van der Waals surface area contributed by atoms with Crippen molar-refractivity contribution in [3.05, 3.63) is 29.6 Å². The third-order valence-corrected chi connectivity index (χ3v) is 3.97. The fourth-order valence-corrected chi connectivity index (χ4v) is 2.03. The summed E-state index contributed by atoms with van der Waals surface area (Å²) in [6, 6.07) is 3.24. The lowest BCUT2D eigenvalue weighted by Crippen LogP contribution is -2.19. The summed E-state index contributed by atoms with van der Waals surface area (Å²) < 4.78 is 52.9. The van der Waals surface area contributed by atoms with Gasteiger partial charge in [-0.15, -0.1) is 0 Å². The molecule has 0 spiro atoms. The minimum absolute atomic E-state index is 0.257. The van der Waals surface area contributed by atoms with Crippen molar-refractivity contribution >= 4 is 28.2 Å². The highest BCUT2D eigenvalue weighted by Gasteiger charge is 2.30. The van der Waals surface area contributed by atoms with E-state index in [1.54, 1.807) is 20.8 Å². The minimum atomic E-state index is -4.40. The van der Waals surface area contributed by atoms with Crippen molar-refractivity contribution in [1.29, 1.82) is 0 Å². The summed E-state index contributed by atoms with van der Waals surface area (Å²) in [5.74, 6) is 0.266. The molecule has 0 saturated heterocycles. The molecule has 0 amide bonds. The van der Waals surface area contributed by atoms with Gasteiger partial charge in [-0.2, -0.15) is 17.6 Å². The average molecular weight is 317 g/mol. The Morgan fingerprint density at radius 1 is 1.29 bits per heavy atom. The second kappa shape index (κ2) is 5.25. The number of nitrogens with one attached hydrogen (secondary N) is 1. The smallest absolute Gasteiger partial charge is 0.337 e. The molecule has 0 aliphatic carbocycles. The first-order valence-electron chi connectivity index (χ1n) is 6.10. The Morgan fingerprint density at radius 2 is 1.95 bits per heavy atom. The maximum atomic E-state index is 12.6. The van der Waals surface area contributed by atoms with Crippen LogP contribution in [0.4, 0.5) is 13.2 Å². The molecule has 0 aliphatic rings. The monoisotopic (exact) mass is 317 g/mol. The van der Waals surface area contributed by atoms with E-state index in [9.17, 15) is 17.4 Å². The molecule has 0 unspecified atom stereocenters. The van der Waals surface area contributed by atoms with Gasteiger partial charge in [0.15, 0.2) is 0 Å². The number of nitrogens with zero attached hydrogens (tertiary/aromatic N) is 2. The van der Waals surface area contributed by atoms with E-state index in [4.69, 9.17) is 0 Å². The van der Waals surface area contributed by atoms with Crippen LogP contribution < -0.4 is 0 Å². The molecule has 21 heavy (non-hydrogen) atoms. The highest BCUT2D eigenvalue weighted by Crippen LogP contribution is 2.30. The van der Waals surface area contributed by atoms with Crippen molar-refractivity contribution in [1.82, 2.24) is 9.97 Å². The zero-order valence-electron chi connectivity index (χ0n) is 11.7. The lowest BCUT2D eigenvalue weighted by molar-refractivity contribution is -0.137. The third kappa shape index (κ3) is 3.69. The first-order chi connectivity index (χ1) is 9.57. The van der Waals surface area contributed by atoms with Gasteiger partial charge in [0, 0.05) is 0 Å². The van der Waals surface area contributed by atoms with Crippen LogP contribution in [0, 0.1) is 0 Å². The van der Waals surface area contributed by atoms with E-state index in [1.807, 2.05) is 0 Å². The molecule has 1 heterocycles.